The topological polar surface area (TPSA) is 67.6 Å². The van der Waals surface area contributed by atoms with Gasteiger partial charge in [0.05, 0.1) is 12.6 Å². The van der Waals surface area contributed by atoms with Crippen LogP contribution in [0.5, 0.6) is 0 Å². The monoisotopic (exact) mass is 243 g/mol. The molecule has 1 amide bonds. The van der Waals surface area contributed by atoms with E-state index in [0.717, 1.165) is 25.8 Å². The number of rotatable bonds is 9. The molecule has 1 aliphatic rings. The summed E-state index contributed by atoms with van der Waals surface area (Å²) in [5.74, 6) is 0.121. The van der Waals surface area contributed by atoms with E-state index in [4.69, 9.17) is 10.5 Å². The van der Waals surface area contributed by atoms with Gasteiger partial charge in [-0.15, -0.1) is 0 Å². The van der Waals surface area contributed by atoms with Gasteiger partial charge in [-0.05, 0) is 33.2 Å². The van der Waals surface area contributed by atoms with Gasteiger partial charge in [-0.25, -0.2) is 0 Å². The van der Waals surface area contributed by atoms with E-state index in [-0.39, 0.29) is 12.0 Å². The van der Waals surface area contributed by atoms with Gasteiger partial charge in [0.25, 0.3) is 0 Å². The molecule has 1 rings (SSSR count). The van der Waals surface area contributed by atoms with Crippen LogP contribution in [0.3, 0.4) is 0 Å². The van der Waals surface area contributed by atoms with Crippen molar-refractivity contribution in [3.05, 3.63) is 0 Å². The number of nitrogens with one attached hydrogen (secondary N) is 1. The largest absolute Gasteiger partial charge is 0.377 e. The number of ether oxygens (including phenoxy) is 1. The summed E-state index contributed by atoms with van der Waals surface area (Å²) in [6.45, 7) is 4.49. The first-order chi connectivity index (χ1) is 8.15. The number of hydrogen-bond donors (Lipinski definition) is 2. The zero-order valence-electron chi connectivity index (χ0n) is 10.9. The molecule has 0 aliphatic heterocycles. The van der Waals surface area contributed by atoms with E-state index >= 15 is 0 Å². The highest BCUT2D eigenvalue weighted by atomic mass is 16.5. The molecule has 3 N–H and O–H groups in total. The fourth-order valence-corrected chi connectivity index (χ4v) is 1.69. The van der Waals surface area contributed by atoms with E-state index in [1.165, 1.54) is 0 Å². The van der Waals surface area contributed by atoms with Crippen LogP contribution in [0.1, 0.15) is 26.2 Å². The van der Waals surface area contributed by atoms with Crippen LogP contribution in [0, 0.1) is 0 Å². The summed E-state index contributed by atoms with van der Waals surface area (Å²) in [4.78, 5) is 13.5. The van der Waals surface area contributed by atoms with E-state index in [1.54, 1.807) is 0 Å². The minimum Gasteiger partial charge on any atom is -0.377 e. The molecule has 100 valence electrons. The van der Waals surface area contributed by atoms with Crippen LogP contribution in [0.15, 0.2) is 0 Å². The highest BCUT2D eigenvalue weighted by Crippen LogP contribution is 2.18. The Morgan fingerprint density at radius 2 is 2.29 bits per heavy atom. The fraction of sp³-hybridized carbons (Fsp3) is 0.917. The number of hydrogen-bond acceptors (Lipinski definition) is 4. The van der Waals surface area contributed by atoms with Crippen LogP contribution in [-0.4, -0.2) is 56.2 Å². The predicted molar refractivity (Wildman–Crippen MR) is 67.7 cm³/mol. The standard InChI is InChI=1S/C12H25N3O2/c1-3-17-11(8-13)6-7-15(2)9-12(16)14-10-4-5-10/h10-11H,3-9,13H2,1-2H3,(H,14,16). The lowest BCUT2D eigenvalue weighted by molar-refractivity contribution is -0.122. The fourth-order valence-electron chi connectivity index (χ4n) is 1.69. The summed E-state index contributed by atoms with van der Waals surface area (Å²) >= 11 is 0. The van der Waals surface area contributed by atoms with Crippen molar-refractivity contribution in [3.8, 4) is 0 Å². The van der Waals surface area contributed by atoms with E-state index in [9.17, 15) is 4.79 Å². The highest BCUT2D eigenvalue weighted by Gasteiger charge is 2.23. The summed E-state index contributed by atoms with van der Waals surface area (Å²) in [5, 5.41) is 2.97. The molecule has 0 radical (unpaired) electrons. The van der Waals surface area contributed by atoms with Gasteiger partial charge >= 0.3 is 0 Å². The number of carbonyl (C=O) groups excluding carboxylic acids is 1. The number of likely N-dealkylation sites (N-methyl/N-ethyl adjacent to an activating group) is 1. The second kappa shape index (κ2) is 7.63. The molecule has 0 aromatic heterocycles. The number of nitrogens with two attached hydrogens (primary N) is 1. The molecule has 1 fully saturated rings. The molecule has 1 atom stereocenters. The van der Waals surface area contributed by atoms with Crippen molar-refractivity contribution < 1.29 is 9.53 Å². The molecule has 0 saturated heterocycles. The average molecular weight is 243 g/mol. The summed E-state index contributed by atoms with van der Waals surface area (Å²) in [5.41, 5.74) is 5.60. The Kier molecular flexibility index (Phi) is 6.47. The van der Waals surface area contributed by atoms with Gasteiger partial charge in [-0.3, -0.25) is 9.69 Å². The molecule has 0 aromatic rings. The van der Waals surface area contributed by atoms with Crippen LogP contribution >= 0.6 is 0 Å². The second-order valence-electron chi connectivity index (χ2n) is 4.68. The van der Waals surface area contributed by atoms with Gasteiger partial charge in [0.2, 0.25) is 5.91 Å². The molecule has 5 heteroatoms. The lowest BCUT2D eigenvalue weighted by Gasteiger charge is -2.20. The first-order valence-electron chi connectivity index (χ1n) is 6.45. The van der Waals surface area contributed by atoms with Gasteiger partial charge in [0.1, 0.15) is 0 Å². The van der Waals surface area contributed by atoms with Gasteiger partial charge in [-0.1, -0.05) is 0 Å². The molecule has 0 spiro atoms. The van der Waals surface area contributed by atoms with Crippen molar-refractivity contribution in [1.29, 1.82) is 0 Å². The second-order valence-corrected chi connectivity index (χ2v) is 4.68. The number of amides is 1. The van der Waals surface area contributed by atoms with Crippen molar-refractivity contribution in [1.82, 2.24) is 10.2 Å². The maximum atomic E-state index is 11.5. The predicted octanol–water partition coefficient (Wildman–Crippen LogP) is -0.0493. The first-order valence-corrected chi connectivity index (χ1v) is 6.45. The minimum absolute atomic E-state index is 0.106. The summed E-state index contributed by atoms with van der Waals surface area (Å²) in [6, 6.07) is 0.441. The van der Waals surface area contributed by atoms with Crippen LogP contribution in [0.25, 0.3) is 0 Å². The van der Waals surface area contributed by atoms with Crippen molar-refractivity contribution >= 4 is 5.91 Å². The summed E-state index contributed by atoms with van der Waals surface area (Å²) in [6.07, 6.45) is 3.25. The van der Waals surface area contributed by atoms with Crippen LogP contribution in [-0.2, 0) is 9.53 Å². The molecule has 1 saturated carbocycles. The molecule has 17 heavy (non-hydrogen) atoms. The molecule has 1 aliphatic carbocycles. The molecule has 1 unspecified atom stereocenters. The van der Waals surface area contributed by atoms with Crippen molar-refractivity contribution in [2.45, 2.75) is 38.3 Å². The van der Waals surface area contributed by atoms with Gasteiger partial charge in [0.15, 0.2) is 0 Å². The lowest BCUT2D eigenvalue weighted by atomic mass is 10.2. The summed E-state index contributed by atoms with van der Waals surface area (Å²) in [7, 11) is 1.95. The Morgan fingerprint density at radius 1 is 1.59 bits per heavy atom. The maximum Gasteiger partial charge on any atom is 0.234 e. The third-order valence-electron chi connectivity index (χ3n) is 2.85. The van der Waals surface area contributed by atoms with Crippen LogP contribution in [0.4, 0.5) is 0 Å². The van der Waals surface area contributed by atoms with Crippen molar-refractivity contribution in [3.63, 3.8) is 0 Å². The third-order valence-corrected chi connectivity index (χ3v) is 2.85. The molecular weight excluding hydrogens is 218 g/mol. The molecule has 5 nitrogen and oxygen atoms in total. The maximum absolute atomic E-state index is 11.5. The van der Waals surface area contributed by atoms with Gasteiger partial charge in [-0.2, -0.15) is 0 Å². The Labute approximate surface area is 104 Å². The number of carbonyl (C=O) groups is 1. The smallest absolute Gasteiger partial charge is 0.234 e. The number of nitrogens with zero attached hydrogens (tertiary/aromatic N) is 1. The first kappa shape index (κ1) is 14.4. The van der Waals surface area contributed by atoms with Crippen LogP contribution < -0.4 is 11.1 Å². The average Bonchev–Trinajstić information content (AvgIpc) is 3.07. The molecule has 0 bridgehead atoms. The third kappa shape index (κ3) is 6.61. The normalized spacial score (nSPS) is 17.2. The van der Waals surface area contributed by atoms with Gasteiger partial charge in [0, 0.05) is 25.7 Å². The zero-order chi connectivity index (χ0) is 12.7. The van der Waals surface area contributed by atoms with Crippen molar-refractivity contribution in [2.24, 2.45) is 5.73 Å². The Balaban J connectivity index is 2.09. The minimum atomic E-state index is 0.106. The van der Waals surface area contributed by atoms with E-state index in [0.29, 0.717) is 25.7 Å². The quantitative estimate of drug-likeness (QED) is 0.596. The molecular formula is C12H25N3O2. The van der Waals surface area contributed by atoms with Crippen LogP contribution in [0.2, 0.25) is 0 Å². The van der Waals surface area contributed by atoms with E-state index in [1.807, 2.05) is 18.9 Å². The van der Waals surface area contributed by atoms with Crippen molar-refractivity contribution in [2.75, 3.05) is 33.3 Å². The summed E-state index contributed by atoms with van der Waals surface area (Å²) < 4.78 is 5.47. The Hall–Kier alpha value is -0.650. The lowest BCUT2D eigenvalue weighted by Crippen LogP contribution is -2.38. The van der Waals surface area contributed by atoms with E-state index in [2.05, 4.69) is 5.32 Å². The Bertz CT molecular complexity index is 232. The Morgan fingerprint density at radius 3 is 2.82 bits per heavy atom. The van der Waals surface area contributed by atoms with E-state index < -0.39 is 0 Å². The SMILES string of the molecule is CCOC(CN)CCN(C)CC(=O)NC1CC1. The van der Waals surface area contributed by atoms with Gasteiger partial charge < -0.3 is 15.8 Å². The highest BCUT2D eigenvalue weighted by molar-refractivity contribution is 5.78. The molecule has 0 heterocycles. The molecule has 0 aromatic carbocycles. The zero-order valence-corrected chi connectivity index (χ0v) is 10.9.